The lowest BCUT2D eigenvalue weighted by Gasteiger charge is -2.30. The van der Waals surface area contributed by atoms with Gasteiger partial charge in [0.15, 0.2) is 23.0 Å². The largest absolute Gasteiger partial charge is 0.504 e. The zero-order valence-corrected chi connectivity index (χ0v) is 16.0. The summed E-state index contributed by atoms with van der Waals surface area (Å²) in [7, 11) is 4.77. The second kappa shape index (κ2) is 8.81. The molecule has 0 radical (unpaired) electrons. The molecule has 142 valence electrons. The van der Waals surface area contributed by atoms with Crippen LogP contribution in [-0.4, -0.2) is 38.1 Å². The fourth-order valence-corrected chi connectivity index (χ4v) is 3.32. The second-order valence-corrected chi connectivity index (χ2v) is 6.63. The van der Waals surface area contributed by atoms with E-state index in [1.807, 2.05) is 24.3 Å². The van der Waals surface area contributed by atoms with Gasteiger partial charge in [0, 0.05) is 19.6 Å². The Kier molecular flexibility index (Phi) is 6.75. The summed E-state index contributed by atoms with van der Waals surface area (Å²) in [6.45, 7) is 4.96. The fraction of sp³-hybridized carbons (Fsp3) is 0.429. The maximum atomic E-state index is 9.94. The predicted octanol–water partition coefficient (Wildman–Crippen LogP) is 4.17. The number of aromatic hydroxyl groups is 2. The van der Waals surface area contributed by atoms with E-state index in [9.17, 15) is 10.2 Å². The minimum atomic E-state index is 0.0177. The number of phenolic OH excluding ortho intramolecular Hbond substituents is 2. The SMILES string of the molecule is COC[C@H](C)[C@H](C)C(c1ccc(O)c(OC)c1)c1ccc(O)c(OC)c1. The molecule has 0 aliphatic heterocycles. The standard InChI is InChI=1S/C21H28O5/c1-13(12-24-3)14(2)21(15-6-8-17(22)19(10-15)25-4)16-7-9-18(23)20(11-16)26-5/h6-11,13-14,21-23H,12H2,1-5H3/t13-,14-/m0/s1. The lowest BCUT2D eigenvalue weighted by atomic mass is 9.76. The molecule has 2 rings (SSSR count). The van der Waals surface area contributed by atoms with Crippen LogP contribution in [0.2, 0.25) is 0 Å². The molecule has 5 nitrogen and oxygen atoms in total. The third-order valence-corrected chi connectivity index (χ3v) is 4.98. The van der Waals surface area contributed by atoms with E-state index >= 15 is 0 Å². The van der Waals surface area contributed by atoms with Gasteiger partial charge in [-0.2, -0.15) is 0 Å². The van der Waals surface area contributed by atoms with Crippen LogP contribution in [0.15, 0.2) is 36.4 Å². The zero-order valence-electron chi connectivity index (χ0n) is 16.0. The third-order valence-electron chi connectivity index (χ3n) is 4.98. The molecule has 2 aromatic carbocycles. The van der Waals surface area contributed by atoms with Crippen LogP contribution in [0.5, 0.6) is 23.0 Å². The van der Waals surface area contributed by atoms with E-state index in [4.69, 9.17) is 14.2 Å². The Morgan fingerprint density at radius 3 is 1.65 bits per heavy atom. The monoisotopic (exact) mass is 360 g/mol. The molecule has 2 aromatic rings. The quantitative estimate of drug-likeness (QED) is 0.740. The van der Waals surface area contributed by atoms with Gasteiger partial charge < -0.3 is 24.4 Å². The summed E-state index contributed by atoms with van der Waals surface area (Å²) in [5.74, 6) is 1.63. The first-order valence-corrected chi connectivity index (χ1v) is 8.65. The molecule has 0 fully saturated rings. The Morgan fingerprint density at radius 2 is 1.27 bits per heavy atom. The summed E-state index contributed by atoms with van der Waals surface area (Å²) >= 11 is 0. The molecule has 2 N–H and O–H groups in total. The lowest BCUT2D eigenvalue weighted by molar-refractivity contribution is 0.129. The van der Waals surface area contributed by atoms with Crippen molar-refractivity contribution >= 4 is 0 Å². The highest BCUT2D eigenvalue weighted by atomic mass is 16.5. The molecule has 0 saturated carbocycles. The first-order chi connectivity index (χ1) is 12.4. The third kappa shape index (κ3) is 4.22. The molecule has 0 aromatic heterocycles. The van der Waals surface area contributed by atoms with Gasteiger partial charge in [0.05, 0.1) is 14.2 Å². The molecule has 26 heavy (non-hydrogen) atoms. The minimum absolute atomic E-state index is 0.0177. The smallest absolute Gasteiger partial charge is 0.160 e. The van der Waals surface area contributed by atoms with E-state index < -0.39 is 0 Å². The number of benzene rings is 2. The van der Waals surface area contributed by atoms with Gasteiger partial charge in [0.2, 0.25) is 0 Å². The van der Waals surface area contributed by atoms with Gasteiger partial charge in [-0.25, -0.2) is 0 Å². The molecule has 0 bridgehead atoms. The van der Waals surface area contributed by atoms with Crippen molar-refractivity contribution in [3.63, 3.8) is 0 Å². The molecule has 0 aliphatic rings. The van der Waals surface area contributed by atoms with Crippen molar-refractivity contribution in [3.8, 4) is 23.0 Å². The molecular weight excluding hydrogens is 332 g/mol. The van der Waals surface area contributed by atoms with Crippen LogP contribution >= 0.6 is 0 Å². The highest BCUT2D eigenvalue weighted by molar-refractivity contribution is 5.49. The van der Waals surface area contributed by atoms with Crippen molar-refractivity contribution in [2.45, 2.75) is 19.8 Å². The topological polar surface area (TPSA) is 68.2 Å². The molecule has 0 saturated heterocycles. The molecule has 0 spiro atoms. The first kappa shape index (κ1) is 19.9. The molecular formula is C21H28O5. The van der Waals surface area contributed by atoms with Crippen molar-refractivity contribution < 1.29 is 24.4 Å². The average molecular weight is 360 g/mol. The van der Waals surface area contributed by atoms with Gasteiger partial charge in [-0.1, -0.05) is 26.0 Å². The summed E-state index contributed by atoms with van der Waals surface area (Å²) in [6.07, 6.45) is 0. The van der Waals surface area contributed by atoms with Crippen molar-refractivity contribution in [2.24, 2.45) is 11.8 Å². The van der Waals surface area contributed by atoms with Crippen molar-refractivity contribution in [2.75, 3.05) is 27.9 Å². The van der Waals surface area contributed by atoms with Gasteiger partial charge in [-0.3, -0.25) is 0 Å². The fourth-order valence-electron chi connectivity index (χ4n) is 3.32. The molecule has 0 unspecified atom stereocenters. The number of ether oxygens (including phenoxy) is 3. The van der Waals surface area contributed by atoms with E-state index in [1.54, 1.807) is 19.2 Å². The average Bonchev–Trinajstić information content (AvgIpc) is 2.64. The number of hydrogen-bond acceptors (Lipinski definition) is 5. The second-order valence-electron chi connectivity index (χ2n) is 6.63. The Balaban J connectivity index is 2.55. The van der Waals surface area contributed by atoms with Crippen molar-refractivity contribution in [1.29, 1.82) is 0 Å². The number of hydrogen-bond donors (Lipinski definition) is 2. The van der Waals surface area contributed by atoms with Crippen LogP contribution in [0, 0.1) is 11.8 Å². The van der Waals surface area contributed by atoms with E-state index in [1.165, 1.54) is 14.2 Å². The van der Waals surface area contributed by atoms with Gasteiger partial charge in [0.1, 0.15) is 0 Å². The van der Waals surface area contributed by atoms with Gasteiger partial charge in [0.25, 0.3) is 0 Å². The Bertz CT molecular complexity index is 675. The van der Waals surface area contributed by atoms with Gasteiger partial charge in [-0.15, -0.1) is 0 Å². The van der Waals surface area contributed by atoms with Crippen LogP contribution in [-0.2, 0) is 4.74 Å². The summed E-state index contributed by atoms with van der Waals surface area (Å²) in [5, 5.41) is 19.9. The van der Waals surface area contributed by atoms with Crippen LogP contribution in [0.1, 0.15) is 30.9 Å². The van der Waals surface area contributed by atoms with Gasteiger partial charge in [-0.05, 0) is 47.2 Å². The van der Waals surface area contributed by atoms with Crippen LogP contribution in [0.3, 0.4) is 0 Å². The van der Waals surface area contributed by atoms with E-state index in [2.05, 4.69) is 13.8 Å². The molecule has 0 amide bonds. The van der Waals surface area contributed by atoms with Crippen molar-refractivity contribution in [1.82, 2.24) is 0 Å². The van der Waals surface area contributed by atoms with Crippen LogP contribution in [0.4, 0.5) is 0 Å². The molecule has 5 heteroatoms. The maximum absolute atomic E-state index is 9.94. The van der Waals surface area contributed by atoms with Crippen LogP contribution < -0.4 is 9.47 Å². The maximum Gasteiger partial charge on any atom is 0.160 e. The van der Waals surface area contributed by atoms with Crippen LogP contribution in [0.25, 0.3) is 0 Å². The van der Waals surface area contributed by atoms with Gasteiger partial charge >= 0.3 is 0 Å². The normalized spacial score (nSPS) is 13.5. The minimum Gasteiger partial charge on any atom is -0.504 e. The summed E-state index contributed by atoms with van der Waals surface area (Å²) in [5.41, 5.74) is 2.03. The number of phenols is 2. The molecule has 0 aliphatic carbocycles. The lowest BCUT2D eigenvalue weighted by Crippen LogP contribution is -2.22. The number of methoxy groups -OCH3 is 3. The Hall–Kier alpha value is -2.40. The summed E-state index contributed by atoms with van der Waals surface area (Å²) in [6, 6.07) is 10.8. The highest BCUT2D eigenvalue weighted by Crippen LogP contribution is 2.41. The summed E-state index contributed by atoms with van der Waals surface area (Å²) < 4.78 is 15.9. The van der Waals surface area contributed by atoms with Crippen molar-refractivity contribution in [3.05, 3.63) is 47.5 Å². The Labute approximate surface area is 155 Å². The number of rotatable bonds is 8. The van der Waals surface area contributed by atoms with E-state index in [0.717, 1.165) is 11.1 Å². The summed E-state index contributed by atoms with van der Waals surface area (Å²) in [4.78, 5) is 0. The Morgan fingerprint density at radius 1 is 0.808 bits per heavy atom. The van der Waals surface area contributed by atoms with E-state index in [-0.39, 0.29) is 23.3 Å². The first-order valence-electron chi connectivity index (χ1n) is 8.65. The zero-order chi connectivity index (χ0) is 19.3. The van der Waals surface area contributed by atoms with E-state index in [0.29, 0.717) is 24.0 Å². The predicted molar refractivity (Wildman–Crippen MR) is 101 cm³/mol. The highest BCUT2D eigenvalue weighted by Gasteiger charge is 2.27. The molecule has 2 atom stereocenters. The molecule has 0 heterocycles.